The van der Waals surface area contributed by atoms with Gasteiger partial charge in [0.15, 0.2) is 0 Å². The summed E-state index contributed by atoms with van der Waals surface area (Å²) in [5.41, 5.74) is 0. The molecule has 0 aromatic heterocycles. The standard InChI is InChI=1S/C2H2O4.Co.K.3H2O.H/c3-1(4)2(5)6;;;;;;/h(H,3,4)(H,5,6);;;3*1H2;. The van der Waals surface area contributed by atoms with E-state index in [9.17, 15) is 0 Å². The molecule has 0 aliphatic rings. The molecule has 0 atom stereocenters. The van der Waals surface area contributed by atoms with Crippen molar-refractivity contribution in [3.63, 3.8) is 0 Å². The Balaban J connectivity index is -0.0000000125. The van der Waals surface area contributed by atoms with Gasteiger partial charge < -0.3 is 26.6 Å². The van der Waals surface area contributed by atoms with E-state index in [0.717, 1.165) is 0 Å². The number of hydrogen-bond acceptors (Lipinski definition) is 2. The molecule has 0 aliphatic carbocycles. The first kappa shape index (κ1) is 40.4. The van der Waals surface area contributed by atoms with Gasteiger partial charge in [-0.2, -0.15) is 0 Å². The van der Waals surface area contributed by atoms with E-state index in [2.05, 4.69) is 0 Å². The summed E-state index contributed by atoms with van der Waals surface area (Å²) in [6.45, 7) is 0. The van der Waals surface area contributed by atoms with Gasteiger partial charge in [-0.1, -0.05) is 0 Å². The topological polar surface area (TPSA) is 169 Å². The van der Waals surface area contributed by atoms with Crippen LogP contribution in [0, 0.1) is 0 Å². The molecule has 0 fully saturated rings. The van der Waals surface area contributed by atoms with Crippen LogP contribution in [0.25, 0.3) is 0 Å². The second-order valence-electron chi connectivity index (χ2n) is 0.610. The summed E-state index contributed by atoms with van der Waals surface area (Å²) >= 11 is 0. The molecule has 1 radical (unpaired) electrons. The van der Waals surface area contributed by atoms with Gasteiger partial charge in [0.2, 0.25) is 0 Å². The van der Waals surface area contributed by atoms with E-state index in [1.807, 2.05) is 0 Å². The Morgan fingerprint density at radius 1 is 0.818 bits per heavy atom. The fraction of sp³-hybridized carbons (Fsp3) is 0. The average Bonchev–Trinajstić information content (AvgIpc) is 1.36. The van der Waals surface area contributed by atoms with Crippen LogP contribution >= 0.6 is 0 Å². The second kappa shape index (κ2) is 22.4. The van der Waals surface area contributed by atoms with Gasteiger partial charge in [-0.15, -0.1) is 0 Å². The summed E-state index contributed by atoms with van der Waals surface area (Å²) in [6.07, 6.45) is 0. The summed E-state index contributed by atoms with van der Waals surface area (Å²) < 4.78 is 0. The Morgan fingerprint density at radius 2 is 0.909 bits per heavy atom. The van der Waals surface area contributed by atoms with Crippen molar-refractivity contribution in [2.75, 3.05) is 0 Å². The summed E-state index contributed by atoms with van der Waals surface area (Å²) in [5, 5.41) is 14.8. The van der Waals surface area contributed by atoms with Crippen molar-refractivity contribution in [2.24, 2.45) is 0 Å². The molecule has 0 heterocycles. The minimum atomic E-state index is -1.82. The fourth-order valence-electron chi connectivity index (χ4n) is 0. The van der Waals surface area contributed by atoms with Crippen LogP contribution in [0.2, 0.25) is 0 Å². The van der Waals surface area contributed by atoms with Crippen molar-refractivity contribution in [3.05, 3.63) is 0 Å². The van der Waals surface area contributed by atoms with Crippen LogP contribution in [0.5, 0.6) is 0 Å². The van der Waals surface area contributed by atoms with Crippen molar-refractivity contribution in [2.45, 2.75) is 0 Å². The van der Waals surface area contributed by atoms with Gasteiger partial charge in [-0.05, 0) is 0 Å². The molecule has 0 aliphatic heterocycles. The van der Waals surface area contributed by atoms with Gasteiger partial charge in [-0.3, -0.25) is 0 Å². The predicted molar refractivity (Wildman–Crippen MR) is 33.3 cm³/mol. The number of carbonyl (C=O) groups is 2. The van der Waals surface area contributed by atoms with Gasteiger partial charge in [0, 0.05) is 16.8 Å². The van der Waals surface area contributed by atoms with E-state index in [1.54, 1.807) is 0 Å². The molecule has 0 aromatic rings. The molecule has 0 aromatic carbocycles. The van der Waals surface area contributed by atoms with E-state index in [0.29, 0.717) is 0 Å². The normalized spacial score (nSPS) is 4.00. The monoisotopic (exact) mass is 243 g/mol. The van der Waals surface area contributed by atoms with E-state index in [-0.39, 0.29) is 84.6 Å². The van der Waals surface area contributed by atoms with Gasteiger partial charge in [0.1, 0.15) is 0 Å². The molecule has 8 N–H and O–H groups in total. The molecular weight excluding hydrogens is 234 g/mol. The van der Waals surface area contributed by atoms with Crippen LogP contribution in [-0.4, -0.2) is 90.0 Å². The molecule has 0 unspecified atom stereocenters. The van der Waals surface area contributed by atoms with Crippen LogP contribution in [-0.2, 0) is 26.4 Å². The average molecular weight is 243 g/mol. The number of rotatable bonds is 0. The predicted octanol–water partition coefficient (Wildman–Crippen LogP) is -3.97. The van der Waals surface area contributed by atoms with Gasteiger partial charge >= 0.3 is 63.3 Å². The van der Waals surface area contributed by atoms with Gasteiger partial charge in [0.05, 0.1) is 0 Å². The molecular formula is C2H9CoKO7. The molecule has 9 heteroatoms. The summed E-state index contributed by atoms with van der Waals surface area (Å²) in [5.74, 6) is -3.65. The summed E-state index contributed by atoms with van der Waals surface area (Å²) in [6, 6.07) is 0. The first-order chi connectivity index (χ1) is 2.64. The number of carboxylic acids is 2. The molecule has 7 nitrogen and oxygen atoms in total. The van der Waals surface area contributed by atoms with Crippen molar-refractivity contribution in [1.82, 2.24) is 0 Å². The van der Waals surface area contributed by atoms with E-state index in [4.69, 9.17) is 19.8 Å². The zero-order valence-corrected chi connectivity index (χ0v) is 5.59. The van der Waals surface area contributed by atoms with Crippen molar-refractivity contribution >= 4 is 63.3 Å². The number of aliphatic carboxylic acids is 2. The van der Waals surface area contributed by atoms with Crippen LogP contribution in [0.15, 0.2) is 0 Å². The first-order valence-electron chi connectivity index (χ1n) is 1.11. The third kappa shape index (κ3) is 35.8. The summed E-state index contributed by atoms with van der Waals surface area (Å²) in [7, 11) is 0. The van der Waals surface area contributed by atoms with Gasteiger partial charge in [0.25, 0.3) is 0 Å². The molecule has 0 spiro atoms. The Labute approximate surface area is 115 Å². The number of carboxylic acid groups (broad SMARTS) is 2. The molecule has 0 amide bonds. The second-order valence-corrected chi connectivity index (χ2v) is 0.610. The zero-order valence-electron chi connectivity index (χ0n) is 4.54. The summed E-state index contributed by atoms with van der Waals surface area (Å²) in [4.78, 5) is 18.2. The Hall–Kier alpha value is 0.963. The van der Waals surface area contributed by atoms with Crippen LogP contribution < -0.4 is 0 Å². The Bertz CT molecular complexity index is 82.4. The Morgan fingerprint density at radius 3 is 0.909 bits per heavy atom. The van der Waals surface area contributed by atoms with Crippen molar-refractivity contribution in [3.8, 4) is 0 Å². The molecule has 0 rings (SSSR count). The fourth-order valence-corrected chi connectivity index (χ4v) is 0. The quantitative estimate of drug-likeness (QED) is 0.326. The Kier molecular flexibility index (Phi) is 82.5. The molecule has 69 valence electrons. The maximum atomic E-state index is 9.10. The molecule has 0 saturated heterocycles. The van der Waals surface area contributed by atoms with Crippen LogP contribution in [0.4, 0.5) is 0 Å². The first-order valence-corrected chi connectivity index (χ1v) is 1.11. The van der Waals surface area contributed by atoms with Crippen molar-refractivity contribution in [1.29, 1.82) is 0 Å². The van der Waals surface area contributed by atoms with E-state index < -0.39 is 11.9 Å². The molecule has 0 bridgehead atoms. The number of hydrogen-bond donors (Lipinski definition) is 2. The van der Waals surface area contributed by atoms with Gasteiger partial charge in [-0.25, -0.2) is 9.59 Å². The SMILES string of the molecule is O.O.O.O=C(O)C(=O)O.[Co].[KH]. The van der Waals surface area contributed by atoms with Crippen LogP contribution in [0.3, 0.4) is 0 Å². The molecule has 11 heavy (non-hydrogen) atoms. The molecule has 0 saturated carbocycles. The van der Waals surface area contributed by atoms with E-state index in [1.165, 1.54) is 0 Å². The zero-order chi connectivity index (χ0) is 5.15. The van der Waals surface area contributed by atoms with Crippen LogP contribution in [0.1, 0.15) is 0 Å². The third-order valence-electron chi connectivity index (χ3n) is 0.183. The minimum absolute atomic E-state index is 0. The van der Waals surface area contributed by atoms with Crippen molar-refractivity contribution < 1.29 is 53.0 Å². The third-order valence-corrected chi connectivity index (χ3v) is 0.183. The van der Waals surface area contributed by atoms with E-state index >= 15 is 0 Å². The maximum absolute atomic E-state index is 9.10.